The van der Waals surface area contributed by atoms with Crippen LogP contribution in [0.2, 0.25) is 0 Å². The van der Waals surface area contributed by atoms with Crippen molar-refractivity contribution in [1.29, 1.82) is 0 Å². The number of benzene rings is 2. The van der Waals surface area contributed by atoms with Crippen LogP contribution >= 0.6 is 24.0 Å². The predicted octanol–water partition coefficient (Wildman–Crippen LogP) is 3.78. The molecule has 2 aromatic carbocycles. The van der Waals surface area contributed by atoms with Crippen LogP contribution in [0, 0.1) is 12.7 Å². The fourth-order valence-corrected chi connectivity index (χ4v) is 3.95. The molecule has 0 atom stereocenters. The minimum Gasteiger partial charge on any atom is -0.354 e. The number of hydrogen-bond acceptors (Lipinski definition) is 4. The molecule has 1 saturated heterocycles. The average Bonchev–Trinajstić information content (AvgIpc) is 3.16. The van der Waals surface area contributed by atoms with Gasteiger partial charge in [-0.25, -0.2) is 9.38 Å². The quantitative estimate of drug-likeness (QED) is 0.254. The van der Waals surface area contributed by atoms with Gasteiger partial charge < -0.3 is 15.2 Å². The molecule has 7 nitrogen and oxygen atoms in total. The summed E-state index contributed by atoms with van der Waals surface area (Å²) in [4.78, 5) is 7.24. The smallest absolute Gasteiger partial charge is 0.192 e. The molecule has 34 heavy (non-hydrogen) atoms. The summed E-state index contributed by atoms with van der Waals surface area (Å²) in [6.07, 6.45) is 2.05. The Morgan fingerprint density at radius 3 is 2.38 bits per heavy atom. The molecular weight excluding hydrogens is 544 g/mol. The molecule has 9 heteroatoms. The molecule has 0 saturated carbocycles. The highest BCUT2D eigenvalue weighted by Gasteiger charge is 2.20. The first kappa shape index (κ1) is 26.1. The summed E-state index contributed by atoms with van der Waals surface area (Å²) in [6, 6.07) is 17.4. The molecule has 2 N–H and O–H groups in total. The van der Waals surface area contributed by atoms with Gasteiger partial charge in [0.2, 0.25) is 0 Å². The van der Waals surface area contributed by atoms with Crippen molar-refractivity contribution >= 4 is 29.9 Å². The van der Waals surface area contributed by atoms with Gasteiger partial charge in [-0.1, -0.05) is 42.5 Å². The Morgan fingerprint density at radius 2 is 1.74 bits per heavy atom. The van der Waals surface area contributed by atoms with Gasteiger partial charge in [0.25, 0.3) is 0 Å². The van der Waals surface area contributed by atoms with Gasteiger partial charge in [-0.3, -0.25) is 4.90 Å². The van der Waals surface area contributed by atoms with Crippen LogP contribution < -0.4 is 10.6 Å². The van der Waals surface area contributed by atoms with Crippen molar-refractivity contribution in [3.8, 4) is 0 Å². The lowest BCUT2D eigenvalue weighted by molar-refractivity contribution is 0.198. The monoisotopic (exact) mass is 577 g/mol. The van der Waals surface area contributed by atoms with E-state index >= 15 is 0 Å². The van der Waals surface area contributed by atoms with Gasteiger partial charge >= 0.3 is 0 Å². The number of rotatable bonds is 7. The zero-order valence-electron chi connectivity index (χ0n) is 19.7. The van der Waals surface area contributed by atoms with E-state index in [4.69, 9.17) is 4.99 Å². The topological polar surface area (TPSA) is 70.4 Å². The fraction of sp³-hybridized carbons (Fsp3) is 0.400. The predicted molar refractivity (Wildman–Crippen MR) is 143 cm³/mol. The highest BCUT2D eigenvalue weighted by atomic mass is 127. The number of nitrogens with zero attached hydrogens (tertiary/aromatic N) is 5. The molecule has 1 aromatic heterocycles. The average molecular weight is 577 g/mol. The maximum absolute atomic E-state index is 13.2. The van der Waals surface area contributed by atoms with Gasteiger partial charge in [-0.2, -0.15) is 0 Å². The van der Waals surface area contributed by atoms with Crippen LogP contribution in [0.4, 0.5) is 4.39 Å². The van der Waals surface area contributed by atoms with Crippen LogP contribution in [-0.2, 0) is 26.7 Å². The van der Waals surface area contributed by atoms with Crippen molar-refractivity contribution in [2.75, 3.05) is 13.1 Å². The zero-order chi connectivity index (χ0) is 23.0. The molecule has 0 unspecified atom stereocenters. The minimum atomic E-state index is -0.187. The third-order valence-corrected chi connectivity index (χ3v) is 6.11. The molecule has 3 aromatic rings. The SMILES string of the molecule is Cc1nnc(CNC(=NCc2ccccc2)NC2CCN(Cc3ccc(F)cc3)CC2)n1C.I. The normalized spacial score (nSPS) is 15.1. The maximum Gasteiger partial charge on any atom is 0.192 e. The summed E-state index contributed by atoms with van der Waals surface area (Å²) in [5.41, 5.74) is 2.32. The van der Waals surface area contributed by atoms with E-state index in [1.165, 1.54) is 17.7 Å². The van der Waals surface area contributed by atoms with Gasteiger partial charge in [-0.15, -0.1) is 34.2 Å². The number of halogens is 2. The lowest BCUT2D eigenvalue weighted by Gasteiger charge is -2.33. The van der Waals surface area contributed by atoms with Crippen LogP contribution in [0.1, 0.15) is 35.6 Å². The number of aliphatic imine (C=N–C) groups is 1. The Morgan fingerprint density at radius 1 is 1.03 bits per heavy atom. The summed E-state index contributed by atoms with van der Waals surface area (Å²) < 4.78 is 15.1. The van der Waals surface area contributed by atoms with E-state index in [0.717, 1.165) is 55.6 Å². The third-order valence-electron chi connectivity index (χ3n) is 6.11. The van der Waals surface area contributed by atoms with Crippen molar-refractivity contribution in [2.24, 2.45) is 12.0 Å². The number of aromatic nitrogens is 3. The van der Waals surface area contributed by atoms with Crippen LogP contribution in [-0.4, -0.2) is 44.8 Å². The molecule has 0 amide bonds. The largest absolute Gasteiger partial charge is 0.354 e. The van der Waals surface area contributed by atoms with E-state index in [1.807, 2.05) is 48.9 Å². The zero-order valence-corrected chi connectivity index (χ0v) is 22.1. The lowest BCUT2D eigenvalue weighted by atomic mass is 10.0. The van der Waals surface area contributed by atoms with Crippen LogP contribution in [0.5, 0.6) is 0 Å². The molecule has 0 spiro atoms. The van der Waals surface area contributed by atoms with Crippen LogP contribution in [0.3, 0.4) is 0 Å². The Kier molecular flexibility index (Phi) is 9.82. The van der Waals surface area contributed by atoms with Gasteiger partial charge in [0.1, 0.15) is 11.6 Å². The molecule has 0 radical (unpaired) electrons. The van der Waals surface area contributed by atoms with E-state index in [1.54, 1.807) is 0 Å². The summed E-state index contributed by atoms with van der Waals surface area (Å²) in [6.45, 7) is 5.94. The summed E-state index contributed by atoms with van der Waals surface area (Å²) in [5, 5.41) is 15.4. The highest BCUT2D eigenvalue weighted by Crippen LogP contribution is 2.14. The molecule has 2 heterocycles. The lowest BCUT2D eigenvalue weighted by Crippen LogP contribution is -2.48. The van der Waals surface area contributed by atoms with E-state index in [0.29, 0.717) is 19.1 Å². The molecule has 1 fully saturated rings. The molecule has 4 rings (SSSR count). The fourth-order valence-electron chi connectivity index (χ4n) is 3.95. The van der Waals surface area contributed by atoms with Crippen molar-refractivity contribution in [2.45, 2.75) is 45.4 Å². The van der Waals surface area contributed by atoms with Crippen molar-refractivity contribution in [3.63, 3.8) is 0 Å². The number of hydrogen-bond donors (Lipinski definition) is 2. The number of aryl methyl sites for hydroxylation is 1. The molecule has 0 aliphatic carbocycles. The highest BCUT2D eigenvalue weighted by molar-refractivity contribution is 14.0. The van der Waals surface area contributed by atoms with Gasteiger partial charge in [0.05, 0.1) is 13.1 Å². The Hall–Kier alpha value is -2.53. The minimum absolute atomic E-state index is 0. The number of guanidine groups is 1. The van der Waals surface area contributed by atoms with Crippen molar-refractivity contribution in [1.82, 2.24) is 30.3 Å². The molecular formula is C25H33FIN7. The second-order valence-corrected chi connectivity index (χ2v) is 8.55. The first-order valence-corrected chi connectivity index (χ1v) is 11.5. The van der Waals surface area contributed by atoms with E-state index in [9.17, 15) is 4.39 Å². The molecule has 1 aliphatic heterocycles. The second kappa shape index (κ2) is 12.8. The first-order chi connectivity index (χ1) is 16.1. The van der Waals surface area contributed by atoms with Crippen molar-refractivity contribution < 1.29 is 4.39 Å². The number of nitrogens with one attached hydrogen (secondary N) is 2. The Bertz CT molecular complexity index is 1040. The third kappa shape index (κ3) is 7.49. The van der Waals surface area contributed by atoms with Gasteiger partial charge in [0, 0.05) is 32.7 Å². The standard InChI is InChI=1S/C25H32FN7.HI/c1-19-30-31-24(32(19)2)17-28-25(27-16-20-6-4-3-5-7-20)29-23-12-14-33(15-13-23)18-21-8-10-22(26)11-9-21;/h3-11,23H,12-18H2,1-2H3,(H2,27,28,29);1H. The van der Waals surface area contributed by atoms with E-state index in [-0.39, 0.29) is 29.8 Å². The second-order valence-electron chi connectivity index (χ2n) is 8.55. The number of likely N-dealkylation sites (tertiary alicyclic amines) is 1. The maximum atomic E-state index is 13.2. The Balaban J connectivity index is 0.00000324. The van der Waals surface area contributed by atoms with Gasteiger partial charge in [-0.05, 0) is 43.0 Å². The van der Waals surface area contributed by atoms with Crippen molar-refractivity contribution in [3.05, 3.63) is 83.2 Å². The summed E-state index contributed by atoms with van der Waals surface area (Å²) >= 11 is 0. The Labute approximate surface area is 217 Å². The van der Waals surface area contributed by atoms with Crippen LogP contribution in [0.25, 0.3) is 0 Å². The number of piperidine rings is 1. The summed E-state index contributed by atoms with van der Waals surface area (Å²) in [5.74, 6) is 2.36. The molecule has 0 bridgehead atoms. The van der Waals surface area contributed by atoms with E-state index in [2.05, 4.69) is 37.9 Å². The van der Waals surface area contributed by atoms with Crippen LogP contribution in [0.15, 0.2) is 59.6 Å². The molecule has 1 aliphatic rings. The first-order valence-electron chi connectivity index (χ1n) is 11.5. The summed E-state index contributed by atoms with van der Waals surface area (Å²) in [7, 11) is 1.97. The molecule has 182 valence electrons. The van der Waals surface area contributed by atoms with E-state index < -0.39 is 0 Å². The van der Waals surface area contributed by atoms with Gasteiger partial charge in [0.15, 0.2) is 11.8 Å².